The van der Waals surface area contributed by atoms with Crippen LogP contribution in [0, 0.1) is 11.8 Å². The van der Waals surface area contributed by atoms with Gasteiger partial charge in [0.15, 0.2) is 0 Å². The summed E-state index contributed by atoms with van der Waals surface area (Å²) in [7, 11) is 0. The summed E-state index contributed by atoms with van der Waals surface area (Å²) in [4.78, 5) is 21.2. The van der Waals surface area contributed by atoms with Crippen LogP contribution in [0.15, 0.2) is 36.5 Å². The summed E-state index contributed by atoms with van der Waals surface area (Å²) in [6, 6.07) is 0. The molecule has 1 aromatic rings. The van der Waals surface area contributed by atoms with Crippen LogP contribution in [0.3, 0.4) is 0 Å². The van der Waals surface area contributed by atoms with E-state index < -0.39 is 5.97 Å². The summed E-state index contributed by atoms with van der Waals surface area (Å²) >= 11 is 0. The van der Waals surface area contributed by atoms with Gasteiger partial charge in [-0.25, -0.2) is 9.97 Å². The Morgan fingerprint density at radius 1 is 1.16 bits per heavy atom. The molecule has 2 unspecified atom stereocenters. The molecule has 1 aliphatic rings. The predicted molar refractivity (Wildman–Crippen MR) is 126 cm³/mol. The van der Waals surface area contributed by atoms with Crippen molar-refractivity contribution in [1.29, 1.82) is 0 Å². The summed E-state index contributed by atoms with van der Waals surface area (Å²) in [6.45, 7) is 8.03. The SMILES string of the molecule is C=C/C=C(\C=C/Cc1nc(=C/CC)/c(=C\CCO)nc1CC1CCC(C(=O)O)C1)CC. The molecule has 0 aromatic carbocycles. The lowest BCUT2D eigenvalue weighted by molar-refractivity contribution is -0.141. The molecule has 0 bridgehead atoms. The van der Waals surface area contributed by atoms with Crippen molar-refractivity contribution in [2.75, 3.05) is 6.61 Å². The molecule has 2 rings (SSSR count). The normalized spacial score (nSPS) is 20.7. The average molecular weight is 425 g/mol. The monoisotopic (exact) mass is 424 g/mol. The van der Waals surface area contributed by atoms with Crippen molar-refractivity contribution >= 4 is 18.1 Å². The van der Waals surface area contributed by atoms with Gasteiger partial charge in [-0.05, 0) is 56.4 Å². The number of hydrogen-bond donors (Lipinski definition) is 2. The molecule has 31 heavy (non-hydrogen) atoms. The van der Waals surface area contributed by atoms with E-state index >= 15 is 0 Å². The minimum atomic E-state index is -0.692. The van der Waals surface area contributed by atoms with Crippen LogP contribution in [-0.2, 0) is 17.6 Å². The van der Waals surface area contributed by atoms with Crippen LogP contribution >= 0.6 is 0 Å². The Labute approximate surface area is 185 Å². The van der Waals surface area contributed by atoms with Crippen molar-refractivity contribution in [2.45, 2.75) is 65.2 Å². The third-order valence-electron chi connectivity index (χ3n) is 5.73. The number of hydrogen-bond acceptors (Lipinski definition) is 4. The summed E-state index contributed by atoms with van der Waals surface area (Å²) in [5.41, 5.74) is 3.10. The predicted octanol–water partition coefficient (Wildman–Crippen LogP) is 3.49. The first-order valence-electron chi connectivity index (χ1n) is 11.4. The van der Waals surface area contributed by atoms with Gasteiger partial charge in [-0.1, -0.05) is 56.9 Å². The van der Waals surface area contributed by atoms with Gasteiger partial charge in [0, 0.05) is 13.0 Å². The fourth-order valence-corrected chi connectivity index (χ4v) is 4.08. The van der Waals surface area contributed by atoms with E-state index in [1.165, 1.54) is 5.57 Å². The second kappa shape index (κ2) is 13.0. The molecule has 1 saturated carbocycles. The van der Waals surface area contributed by atoms with Gasteiger partial charge in [0.05, 0.1) is 28.0 Å². The van der Waals surface area contributed by atoms with Gasteiger partial charge in [-0.2, -0.15) is 0 Å². The van der Waals surface area contributed by atoms with Crippen LogP contribution in [0.2, 0.25) is 0 Å². The maximum absolute atomic E-state index is 11.4. The van der Waals surface area contributed by atoms with Crippen LogP contribution in [-0.4, -0.2) is 32.8 Å². The zero-order valence-corrected chi connectivity index (χ0v) is 18.9. The molecule has 5 nitrogen and oxygen atoms in total. The Hall–Kier alpha value is -2.53. The summed E-state index contributed by atoms with van der Waals surface area (Å²) < 4.78 is 0. The summed E-state index contributed by atoms with van der Waals surface area (Å²) in [5, 5.41) is 20.3. The summed E-state index contributed by atoms with van der Waals surface area (Å²) in [6.07, 6.45) is 18.1. The molecule has 0 aliphatic heterocycles. The fourth-order valence-electron chi connectivity index (χ4n) is 4.08. The highest BCUT2D eigenvalue weighted by Gasteiger charge is 2.30. The first-order valence-corrected chi connectivity index (χ1v) is 11.4. The number of carboxylic acid groups (broad SMARTS) is 1. The molecule has 0 saturated heterocycles. The van der Waals surface area contributed by atoms with Gasteiger partial charge >= 0.3 is 5.97 Å². The number of carbonyl (C=O) groups is 1. The molecule has 168 valence electrons. The molecule has 1 fully saturated rings. The fraction of sp³-hybridized carbons (Fsp3) is 0.500. The topological polar surface area (TPSA) is 83.3 Å². The average Bonchev–Trinajstić information content (AvgIpc) is 3.22. The highest BCUT2D eigenvalue weighted by molar-refractivity contribution is 5.70. The van der Waals surface area contributed by atoms with Crippen LogP contribution in [0.5, 0.6) is 0 Å². The van der Waals surface area contributed by atoms with Crippen LogP contribution in [0.1, 0.15) is 63.8 Å². The number of allylic oxidation sites excluding steroid dienone is 5. The van der Waals surface area contributed by atoms with E-state index in [1.54, 1.807) is 6.08 Å². The molecule has 2 N–H and O–H groups in total. The Kier molecular flexibility index (Phi) is 10.4. The third kappa shape index (κ3) is 7.59. The molecular weight excluding hydrogens is 388 g/mol. The van der Waals surface area contributed by atoms with E-state index in [0.29, 0.717) is 25.2 Å². The van der Waals surface area contributed by atoms with Gasteiger partial charge < -0.3 is 10.2 Å². The number of aliphatic hydroxyl groups is 1. The van der Waals surface area contributed by atoms with Crippen molar-refractivity contribution in [1.82, 2.24) is 9.97 Å². The van der Waals surface area contributed by atoms with E-state index in [-0.39, 0.29) is 12.5 Å². The van der Waals surface area contributed by atoms with E-state index in [4.69, 9.17) is 9.97 Å². The first-order chi connectivity index (χ1) is 15.0. The number of rotatable bonds is 11. The van der Waals surface area contributed by atoms with E-state index in [0.717, 1.165) is 54.2 Å². The maximum Gasteiger partial charge on any atom is 0.306 e. The zero-order chi connectivity index (χ0) is 22.6. The zero-order valence-electron chi connectivity index (χ0n) is 18.9. The minimum absolute atomic E-state index is 0.0748. The van der Waals surface area contributed by atoms with Crippen molar-refractivity contribution in [2.24, 2.45) is 11.8 Å². The lowest BCUT2D eigenvalue weighted by Gasteiger charge is -2.12. The molecule has 0 amide bonds. The van der Waals surface area contributed by atoms with E-state index in [2.05, 4.69) is 38.7 Å². The second-order valence-electron chi connectivity index (χ2n) is 8.07. The second-order valence-corrected chi connectivity index (χ2v) is 8.07. The minimum Gasteiger partial charge on any atom is -0.481 e. The van der Waals surface area contributed by atoms with Gasteiger partial charge in [-0.3, -0.25) is 4.79 Å². The Bertz CT molecular complexity index is 931. The van der Waals surface area contributed by atoms with Gasteiger partial charge in [0.25, 0.3) is 0 Å². The smallest absolute Gasteiger partial charge is 0.306 e. The van der Waals surface area contributed by atoms with E-state index in [1.807, 2.05) is 12.2 Å². The highest BCUT2D eigenvalue weighted by Crippen LogP contribution is 2.33. The van der Waals surface area contributed by atoms with Crippen molar-refractivity contribution < 1.29 is 15.0 Å². The number of nitrogens with zero attached hydrogens (tertiary/aromatic N) is 2. The van der Waals surface area contributed by atoms with Crippen molar-refractivity contribution in [3.8, 4) is 0 Å². The summed E-state index contributed by atoms with van der Waals surface area (Å²) in [5.74, 6) is -0.620. The number of aliphatic hydroxyl groups excluding tert-OH is 1. The third-order valence-corrected chi connectivity index (χ3v) is 5.73. The lowest BCUT2D eigenvalue weighted by Crippen LogP contribution is -2.35. The van der Waals surface area contributed by atoms with Gasteiger partial charge in [0.2, 0.25) is 0 Å². The van der Waals surface area contributed by atoms with Crippen LogP contribution in [0.25, 0.3) is 12.2 Å². The molecule has 1 aliphatic carbocycles. The quantitative estimate of drug-likeness (QED) is 0.531. The molecule has 0 radical (unpaired) electrons. The molecular formula is C26H36N2O3. The number of aliphatic carboxylic acids is 1. The first kappa shape index (κ1) is 24.7. The maximum atomic E-state index is 11.4. The van der Waals surface area contributed by atoms with Gasteiger partial charge in [0.1, 0.15) is 0 Å². The molecule has 1 heterocycles. The Balaban J connectivity index is 2.40. The lowest BCUT2D eigenvalue weighted by atomic mass is 9.97. The Morgan fingerprint density at radius 2 is 1.90 bits per heavy atom. The molecule has 5 heteroatoms. The van der Waals surface area contributed by atoms with Crippen LogP contribution in [0.4, 0.5) is 0 Å². The highest BCUT2D eigenvalue weighted by atomic mass is 16.4. The van der Waals surface area contributed by atoms with Crippen LogP contribution < -0.4 is 10.7 Å². The number of carboxylic acids is 1. The van der Waals surface area contributed by atoms with E-state index in [9.17, 15) is 15.0 Å². The molecule has 1 aromatic heterocycles. The van der Waals surface area contributed by atoms with Crippen molar-refractivity contribution in [3.63, 3.8) is 0 Å². The van der Waals surface area contributed by atoms with Gasteiger partial charge in [-0.15, -0.1) is 0 Å². The molecule has 0 spiro atoms. The molecule has 2 atom stereocenters. The largest absolute Gasteiger partial charge is 0.481 e. The number of aromatic nitrogens is 2. The van der Waals surface area contributed by atoms with Crippen molar-refractivity contribution in [3.05, 3.63) is 58.5 Å². The Morgan fingerprint density at radius 3 is 2.52 bits per heavy atom. The standard InChI is InChI=1S/C26H36N2O3/c1-4-9-19(6-3)11-7-12-24-25(18-20-14-15-21(17-20)26(30)31)28-23(13-8-16-29)22(27-24)10-5-2/h4,7,9-11,13,20-21,29H,1,5-6,8,12,14-18H2,2-3H3,(H,30,31)/b11-7-,19-9-,22-10+,23-13+.